The number of carbonyl (C=O) groups excluding carboxylic acids is 1. The van der Waals surface area contributed by atoms with Gasteiger partial charge in [0, 0.05) is 43.0 Å². The Morgan fingerprint density at radius 2 is 1.59 bits per heavy atom. The third kappa shape index (κ3) is 5.70. The summed E-state index contributed by atoms with van der Waals surface area (Å²) in [6, 6.07) is 22.7. The largest absolute Gasteiger partial charge is 0.322 e. The highest BCUT2D eigenvalue weighted by molar-refractivity contribution is 7.98. The number of carbonyl (C=O) groups is 1. The number of benzene rings is 3. The van der Waals surface area contributed by atoms with Crippen molar-refractivity contribution >= 4 is 39.3 Å². The Morgan fingerprint density at radius 3 is 2.19 bits per heavy atom. The molecule has 8 heteroatoms. The molecule has 32 heavy (non-hydrogen) atoms. The fourth-order valence-corrected chi connectivity index (χ4v) is 4.78. The number of rotatable bonds is 8. The Morgan fingerprint density at radius 1 is 0.938 bits per heavy atom. The van der Waals surface area contributed by atoms with Gasteiger partial charge in [-0.3, -0.25) is 9.10 Å². The van der Waals surface area contributed by atoms with Crippen molar-refractivity contribution in [1.82, 2.24) is 4.31 Å². The van der Waals surface area contributed by atoms with Gasteiger partial charge in [-0.05, 0) is 60.5 Å². The maximum atomic E-state index is 12.7. The van der Waals surface area contributed by atoms with Crippen LogP contribution in [0.4, 0.5) is 11.4 Å². The van der Waals surface area contributed by atoms with Crippen molar-refractivity contribution in [2.75, 3.05) is 30.8 Å². The van der Waals surface area contributed by atoms with Crippen molar-refractivity contribution in [3.63, 3.8) is 0 Å². The maximum Gasteiger partial charge on any atom is 0.303 e. The van der Waals surface area contributed by atoms with E-state index in [4.69, 9.17) is 0 Å². The van der Waals surface area contributed by atoms with Gasteiger partial charge in [-0.1, -0.05) is 30.3 Å². The van der Waals surface area contributed by atoms with Crippen molar-refractivity contribution in [1.29, 1.82) is 0 Å². The van der Waals surface area contributed by atoms with Gasteiger partial charge in [0.1, 0.15) is 0 Å². The molecule has 0 saturated heterocycles. The molecule has 168 valence electrons. The zero-order chi connectivity index (χ0) is 23.3. The Bertz CT molecular complexity index is 1180. The van der Waals surface area contributed by atoms with E-state index in [-0.39, 0.29) is 5.91 Å². The number of nitrogens with zero attached hydrogens (tertiary/aromatic N) is 2. The summed E-state index contributed by atoms with van der Waals surface area (Å²) in [5.41, 5.74) is 3.85. The van der Waals surface area contributed by atoms with Crippen LogP contribution < -0.4 is 9.62 Å². The van der Waals surface area contributed by atoms with E-state index in [1.807, 2.05) is 37.3 Å². The van der Waals surface area contributed by atoms with Crippen molar-refractivity contribution in [3.05, 3.63) is 89.5 Å². The molecule has 0 radical (unpaired) electrons. The molecule has 0 heterocycles. The lowest BCUT2D eigenvalue weighted by Gasteiger charge is -2.23. The molecule has 0 bridgehead atoms. The molecule has 0 fully saturated rings. The van der Waals surface area contributed by atoms with Crippen LogP contribution in [0.2, 0.25) is 0 Å². The Balaban J connectivity index is 1.65. The standard InChI is InChI=1S/C24H27N3O3S2/c1-18-16-19(17-31-22-8-6-5-7-9-22)10-15-23(18)25-24(28)20-11-13-21(14-12-20)27(4)32(29,30)26(2)3/h5-16H,17H2,1-4H3,(H,25,28). The van der Waals surface area contributed by atoms with Gasteiger partial charge in [0.15, 0.2) is 0 Å². The molecule has 3 aromatic rings. The molecule has 0 saturated carbocycles. The molecule has 0 aliphatic rings. The first-order valence-corrected chi connectivity index (χ1v) is 12.4. The van der Waals surface area contributed by atoms with E-state index >= 15 is 0 Å². The molecule has 0 aromatic heterocycles. The lowest BCUT2D eigenvalue weighted by atomic mass is 10.1. The second-order valence-electron chi connectivity index (χ2n) is 7.51. The van der Waals surface area contributed by atoms with E-state index in [1.54, 1.807) is 36.0 Å². The highest BCUT2D eigenvalue weighted by atomic mass is 32.2. The molecule has 0 unspecified atom stereocenters. The van der Waals surface area contributed by atoms with Crippen molar-refractivity contribution in [3.8, 4) is 0 Å². The van der Waals surface area contributed by atoms with Crippen LogP contribution in [0.15, 0.2) is 77.7 Å². The van der Waals surface area contributed by atoms with Gasteiger partial charge in [0.05, 0.1) is 5.69 Å². The van der Waals surface area contributed by atoms with Crippen LogP contribution >= 0.6 is 11.8 Å². The summed E-state index contributed by atoms with van der Waals surface area (Å²) in [4.78, 5) is 13.9. The third-order valence-corrected chi connectivity index (χ3v) is 7.90. The zero-order valence-corrected chi connectivity index (χ0v) is 20.2. The van der Waals surface area contributed by atoms with Crippen molar-refractivity contribution in [2.45, 2.75) is 17.6 Å². The van der Waals surface area contributed by atoms with Gasteiger partial charge in [-0.25, -0.2) is 0 Å². The van der Waals surface area contributed by atoms with Gasteiger partial charge < -0.3 is 5.32 Å². The average Bonchev–Trinajstić information content (AvgIpc) is 2.79. The van der Waals surface area contributed by atoms with Crippen molar-refractivity contribution in [2.24, 2.45) is 0 Å². The number of hydrogen-bond donors (Lipinski definition) is 1. The molecule has 0 aliphatic heterocycles. The Kier molecular flexibility index (Phi) is 7.60. The van der Waals surface area contributed by atoms with Gasteiger partial charge in [-0.2, -0.15) is 12.7 Å². The van der Waals surface area contributed by atoms with Crippen LogP contribution in [-0.4, -0.2) is 39.8 Å². The van der Waals surface area contributed by atoms with E-state index in [0.29, 0.717) is 11.3 Å². The van der Waals surface area contributed by atoms with Crippen LogP contribution in [0.25, 0.3) is 0 Å². The normalized spacial score (nSPS) is 11.4. The number of aryl methyl sites for hydroxylation is 1. The number of anilines is 2. The topological polar surface area (TPSA) is 69.7 Å². The highest BCUT2D eigenvalue weighted by Crippen LogP contribution is 2.25. The number of nitrogens with one attached hydrogen (secondary N) is 1. The summed E-state index contributed by atoms with van der Waals surface area (Å²) in [5.74, 6) is 0.605. The van der Waals surface area contributed by atoms with E-state index in [9.17, 15) is 13.2 Å². The van der Waals surface area contributed by atoms with E-state index in [1.165, 1.54) is 35.9 Å². The lowest BCUT2D eigenvalue weighted by Crippen LogP contribution is -2.37. The van der Waals surface area contributed by atoms with Crippen LogP contribution in [0.3, 0.4) is 0 Å². The second kappa shape index (κ2) is 10.2. The molecule has 1 N–H and O–H groups in total. The highest BCUT2D eigenvalue weighted by Gasteiger charge is 2.21. The molecule has 3 aromatic carbocycles. The lowest BCUT2D eigenvalue weighted by molar-refractivity contribution is 0.102. The quantitative estimate of drug-likeness (QED) is 0.482. The van der Waals surface area contributed by atoms with Crippen LogP contribution in [0, 0.1) is 6.92 Å². The average molecular weight is 470 g/mol. The minimum atomic E-state index is -3.58. The Hall–Kier alpha value is -2.81. The first kappa shape index (κ1) is 23.8. The van der Waals surface area contributed by atoms with Gasteiger partial charge in [0.2, 0.25) is 0 Å². The fraction of sp³-hybridized carbons (Fsp3) is 0.208. The van der Waals surface area contributed by atoms with Crippen molar-refractivity contribution < 1.29 is 13.2 Å². The molecule has 0 aliphatic carbocycles. The molecular weight excluding hydrogens is 442 g/mol. The first-order valence-electron chi connectivity index (χ1n) is 10.0. The SMILES string of the molecule is Cc1cc(CSc2ccccc2)ccc1NC(=O)c1ccc(N(C)S(=O)(=O)N(C)C)cc1. The predicted octanol–water partition coefficient (Wildman–Crippen LogP) is 4.78. The second-order valence-corrected chi connectivity index (χ2v) is 10.7. The minimum absolute atomic E-state index is 0.246. The van der Waals surface area contributed by atoms with Gasteiger partial charge >= 0.3 is 10.2 Å². The van der Waals surface area contributed by atoms with Gasteiger partial charge in [-0.15, -0.1) is 11.8 Å². The summed E-state index contributed by atoms with van der Waals surface area (Å²) < 4.78 is 26.8. The smallest absolute Gasteiger partial charge is 0.303 e. The summed E-state index contributed by atoms with van der Waals surface area (Å²) in [6.07, 6.45) is 0. The monoisotopic (exact) mass is 469 g/mol. The van der Waals surface area contributed by atoms with E-state index in [2.05, 4.69) is 23.5 Å². The summed E-state index contributed by atoms with van der Waals surface area (Å²) in [6.45, 7) is 1.97. The predicted molar refractivity (Wildman–Crippen MR) is 133 cm³/mol. The van der Waals surface area contributed by atoms with Crippen LogP contribution in [0.5, 0.6) is 0 Å². The van der Waals surface area contributed by atoms with E-state index in [0.717, 1.165) is 21.3 Å². The number of thioether (sulfide) groups is 1. The molecule has 1 amide bonds. The molecule has 6 nitrogen and oxygen atoms in total. The Labute approximate surface area is 194 Å². The molecule has 0 atom stereocenters. The summed E-state index contributed by atoms with van der Waals surface area (Å²) in [5, 5.41) is 2.94. The molecule has 3 rings (SSSR count). The van der Waals surface area contributed by atoms with E-state index < -0.39 is 10.2 Å². The maximum absolute atomic E-state index is 12.7. The summed E-state index contributed by atoms with van der Waals surface area (Å²) in [7, 11) is 0.846. The fourth-order valence-electron chi connectivity index (χ4n) is 3.03. The zero-order valence-electron chi connectivity index (χ0n) is 18.6. The summed E-state index contributed by atoms with van der Waals surface area (Å²) >= 11 is 1.77. The van der Waals surface area contributed by atoms with Gasteiger partial charge in [0.25, 0.3) is 5.91 Å². The van der Waals surface area contributed by atoms with Crippen LogP contribution in [-0.2, 0) is 16.0 Å². The van der Waals surface area contributed by atoms with Crippen LogP contribution in [0.1, 0.15) is 21.5 Å². The molecular formula is C24H27N3O3S2. The number of amides is 1. The first-order chi connectivity index (χ1) is 15.2. The minimum Gasteiger partial charge on any atom is -0.322 e. The number of hydrogen-bond acceptors (Lipinski definition) is 4. The third-order valence-electron chi connectivity index (χ3n) is 4.99. The molecule has 0 spiro atoms.